The van der Waals surface area contributed by atoms with Crippen LogP contribution < -0.4 is 10.9 Å². The van der Waals surface area contributed by atoms with Crippen molar-refractivity contribution < 1.29 is 4.79 Å². The average molecular weight is 443 g/mol. The lowest BCUT2D eigenvalue weighted by Crippen LogP contribution is -2.26. The monoisotopic (exact) mass is 442 g/mol. The summed E-state index contributed by atoms with van der Waals surface area (Å²) in [5.41, 5.74) is 1.16. The Kier molecular flexibility index (Phi) is 5.94. The molecule has 0 saturated carbocycles. The van der Waals surface area contributed by atoms with Crippen LogP contribution in [0, 0.1) is 0 Å². The highest BCUT2D eigenvalue weighted by atomic mass is 35.5. The zero-order valence-corrected chi connectivity index (χ0v) is 17.4. The summed E-state index contributed by atoms with van der Waals surface area (Å²) in [6.45, 7) is 0.185. The molecule has 0 spiro atoms. The fourth-order valence-corrected chi connectivity index (χ4v) is 4.35. The lowest BCUT2D eigenvalue weighted by atomic mass is 10.2. The van der Waals surface area contributed by atoms with Crippen LogP contribution in [0.3, 0.4) is 0 Å². The summed E-state index contributed by atoms with van der Waals surface area (Å²) in [7, 11) is 0. The number of nitrogens with one attached hydrogen (secondary N) is 1. The molecule has 0 unspecified atom stereocenters. The minimum atomic E-state index is -0.270. The molecule has 4 aromatic rings. The number of fused-ring (bicyclic) bond motifs is 1. The van der Waals surface area contributed by atoms with Gasteiger partial charge in [-0.3, -0.25) is 9.59 Å². The number of thioether (sulfide) groups is 1. The maximum absolute atomic E-state index is 12.4. The van der Waals surface area contributed by atoms with E-state index in [1.807, 2.05) is 42.5 Å². The topological polar surface area (TPSA) is 76.4 Å². The van der Waals surface area contributed by atoms with Crippen LogP contribution in [-0.4, -0.2) is 26.3 Å². The summed E-state index contributed by atoms with van der Waals surface area (Å²) >= 11 is 8.61. The van der Waals surface area contributed by atoms with Crippen LogP contribution in [0.4, 0.5) is 0 Å². The molecule has 0 aliphatic heterocycles. The third kappa shape index (κ3) is 4.84. The summed E-state index contributed by atoms with van der Waals surface area (Å²) in [6, 6.07) is 18.3. The first-order valence-electron chi connectivity index (χ1n) is 8.69. The van der Waals surface area contributed by atoms with E-state index in [-0.39, 0.29) is 23.8 Å². The van der Waals surface area contributed by atoms with E-state index < -0.39 is 0 Å². The standard InChI is InChI=1S/C20H15ClN4O2S2/c21-14-6-8-16(9-7-14)28-12-17(26)22-11-15-10-18(27)25-20(23-15)29-19(24-25)13-4-2-1-3-5-13/h1-10H,11-12H2,(H,22,26). The molecule has 4 rings (SSSR count). The molecule has 1 N–H and O–H groups in total. The van der Waals surface area contributed by atoms with Gasteiger partial charge in [0.1, 0.15) is 5.01 Å². The Balaban J connectivity index is 1.42. The molecule has 0 aliphatic carbocycles. The highest BCUT2D eigenvalue weighted by molar-refractivity contribution is 8.00. The fourth-order valence-electron chi connectivity index (χ4n) is 2.56. The van der Waals surface area contributed by atoms with E-state index in [0.29, 0.717) is 15.7 Å². The van der Waals surface area contributed by atoms with Crippen LogP contribution in [-0.2, 0) is 11.3 Å². The van der Waals surface area contributed by atoms with Gasteiger partial charge in [-0.05, 0) is 24.3 Å². The van der Waals surface area contributed by atoms with Crippen molar-refractivity contribution in [2.45, 2.75) is 11.4 Å². The number of carbonyl (C=O) groups excluding carboxylic acids is 1. The zero-order valence-electron chi connectivity index (χ0n) is 15.0. The van der Waals surface area contributed by atoms with Gasteiger partial charge in [-0.2, -0.15) is 9.61 Å². The molecule has 2 aromatic carbocycles. The number of hydrogen-bond donors (Lipinski definition) is 1. The van der Waals surface area contributed by atoms with Crippen molar-refractivity contribution in [1.82, 2.24) is 19.9 Å². The van der Waals surface area contributed by atoms with E-state index in [2.05, 4.69) is 15.4 Å². The number of aromatic nitrogens is 3. The highest BCUT2D eigenvalue weighted by Crippen LogP contribution is 2.24. The van der Waals surface area contributed by atoms with E-state index >= 15 is 0 Å². The number of rotatable bonds is 6. The van der Waals surface area contributed by atoms with Crippen molar-refractivity contribution in [2.75, 3.05) is 5.75 Å². The SMILES string of the molecule is O=C(CSc1ccc(Cl)cc1)NCc1cc(=O)n2nc(-c3ccccc3)sc2n1. The molecule has 0 atom stereocenters. The second kappa shape index (κ2) is 8.77. The average Bonchev–Trinajstić information content (AvgIpc) is 3.17. The maximum atomic E-state index is 12.4. The summed E-state index contributed by atoms with van der Waals surface area (Å²) in [5, 5.41) is 8.52. The van der Waals surface area contributed by atoms with Crippen LogP contribution >= 0.6 is 34.7 Å². The third-order valence-electron chi connectivity index (χ3n) is 3.97. The first-order valence-corrected chi connectivity index (χ1v) is 10.9. The summed E-state index contributed by atoms with van der Waals surface area (Å²) in [5.74, 6) is 0.128. The van der Waals surface area contributed by atoms with Gasteiger partial charge in [-0.15, -0.1) is 11.8 Å². The van der Waals surface area contributed by atoms with Gasteiger partial charge >= 0.3 is 0 Å². The second-order valence-electron chi connectivity index (χ2n) is 6.07. The molecular formula is C20H15ClN4O2S2. The minimum absolute atomic E-state index is 0.138. The molecule has 2 aromatic heterocycles. The summed E-state index contributed by atoms with van der Waals surface area (Å²) < 4.78 is 1.29. The van der Waals surface area contributed by atoms with Gasteiger partial charge in [0.05, 0.1) is 18.0 Å². The Hall–Kier alpha value is -2.68. The molecule has 0 fully saturated rings. The highest BCUT2D eigenvalue weighted by Gasteiger charge is 2.11. The van der Waals surface area contributed by atoms with Crippen molar-refractivity contribution in [3.63, 3.8) is 0 Å². The quantitative estimate of drug-likeness (QED) is 0.458. The van der Waals surface area contributed by atoms with Gasteiger partial charge in [-0.25, -0.2) is 4.98 Å². The van der Waals surface area contributed by atoms with Crippen LogP contribution in [0.25, 0.3) is 15.5 Å². The van der Waals surface area contributed by atoms with Crippen molar-refractivity contribution in [3.8, 4) is 10.6 Å². The van der Waals surface area contributed by atoms with Crippen LogP contribution in [0.1, 0.15) is 5.69 Å². The molecule has 0 aliphatic rings. The van der Waals surface area contributed by atoms with Gasteiger partial charge in [0.25, 0.3) is 5.56 Å². The lowest BCUT2D eigenvalue weighted by Gasteiger charge is -2.05. The smallest absolute Gasteiger partial charge is 0.275 e. The number of amides is 1. The van der Waals surface area contributed by atoms with Gasteiger partial charge in [0.15, 0.2) is 0 Å². The molecule has 1 amide bonds. The molecule has 0 bridgehead atoms. The number of nitrogens with zero attached hydrogens (tertiary/aromatic N) is 3. The molecule has 0 saturated heterocycles. The van der Waals surface area contributed by atoms with Gasteiger partial charge in [-0.1, -0.05) is 53.3 Å². The van der Waals surface area contributed by atoms with Crippen LogP contribution in [0.15, 0.2) is 70.4 Å². The number of carbonyl (C=O) groups is 1. The van der Waals surface area contributed by atoms with Crippen molar-refractivity contribution in [2.24, 2.45) is 0 Å². The Morgan fingerprint density at radius 2 is 1.90 bits per heavy atom. The Morgan fingerprint density at radius 3 is 2.66 bits per heavy atom. The molecular weight excluding hydrogens is 428 g/mol. The predicted molar refractivity (Wildman–Crippen MR) is 117 cm³/mol. The van der Waals surface area contributed by atoms with Crippen molar-refractivity contribution in [1.29, 1.82) is 0 Å². The molecule has 29 heavy (non-hydrogen) atoms. The summed E-state index contributed by atoms with van der Waals surface area (Å²) in [6.07, 6.45) is 0. The van der Waals surface area contributed by atoms with E-state index in [9.17, 15) is 9.59 Å². The summed E-state index contributed by atoms with van der Waals surface area (Å²) in [4.78, 5) is 30.4. The fraction of sp³-hybridized carbons (Fsp3) is 0.100. The first kappa shape index (κ1) is 19.6. The number of hydrogen-bond acceptors (Lipinski definition) is 6. The Labute approximate surface area is 179 Å². The largest absolute Gasteiger partial charge is 0.350 e. The van der Waals surface area contributed by atoms with Gasteiger partial charge < -0.3 is 5.32 Å². The first-order chi connectivity index (χ1) is 14.1. The van der Waals surface area contributed by atoms with E-state index in [1.165, 1.54) is 33.7 Å². The lowest BCUT2D eigenvalue weighted by molar-refractivity contribution is -0.118. The Morgan fingerprint density at radius 1 is 1.14 bits per heavy atom. The van der Waals surface area contributed by atoms with Crippen molar-refractivity contribution >= 4 is 45.6 Å². The Bertz CT molecular complexity index is 1210. The molecule has 6 nitrogen and oxygen atoms in total. The number of halogens is 1. The maximum Gasteiger partial charge on any atom is 0.275 e. The normalized spacial score (nSPS) is 10.9. The second-order valence-corrected chi connectivity index (χ2v) is 8.51. The van der Waals surface area contributed by atoms with Crippen LogP contribution in [0.2, 0.25) is 5.02 Å². The molecule has 9 heteroatoms. The minimum Gasteiger partial charge on any atom is -0.350 e. The molecule has 2 heterocycles. The molecule has 146 valence electrons. The molecule has 0 radical (unpaired) electrons. The zero-order chi connectivity index (χ0) is 20.2. The van der Waals surface area contributed by atoms with Crippen molar-refractivity contribution in [3.05, 3.63) is 81.7 Å². The number of benzene rings is 2. The van der Waals surface area contributed by atoms with Gasteiger partial charge in [0.2, 0.25) is 10.9 Å². The van der Waals surface area contributed by atoms with Crippen LogP contribution in [0.5, 0.6) is 0 Å². The predicted octanol–water partition coefficient (Wildman–Crippen LogP) is 3.88. The van der Waals surface area contributed by atoms with E-state index in [0.717, 1.165) is 15.5 Å². The third-order valence-corrected chi connectivity index (χ3v) is 6.19. The van der Waals surface area contributed by atoms with E-state index in [4.69, 9.17) is 11.6 Å². The van der Waals surface area contributed by atoms with Gasteiger partial charge in [0, 0.05) is 21.5 Å². The van der Waals surface area contributed by atoms with E-state index in [1.54, 1.807) is 12.1 Å².